The number of fused-ring (bicyclic) bond motifs is 2. The third kappa shape index (κ3) is 2.83. The van der Waals surface area contributed by atoms with Crippen molar-refractivity contribution in [3.8, 4) is 0 Å². The summed E-state index contributed by atoms with van der Waals surface area (Å²) in [6.45, 7) is 5.32. The highest BCUT2D eigenvalue weighted by molar-refractivity contribution is 7.80. The van der Waals surface area contributed by atoms with Crippen molar-refractivity contribution in [2.75, 3.05) is 6.54 Å². The molecule has 0 radical (unpaired) electrons. The average molecular weight is 226 g/mol. The monoisotopic (exact) mass is 226 g/mol. The molecule has 2 aliphatic carbocycles. The van der Waals surface area contributed by atoms with Crippen LogP contribution in [0.1, 0.15) is 39.5 Å². The van der Waals surface area contributed by atoms with Gasteiger partial charge in [-0.25, -0.2) is 0 Å². The SMILES string of the molecule is CC(C)NC(=S)NCC1CC2CCC1C2. The molecule has 0 saturated heterocycles. The Hall–Kier alpha value is -0.310. The van der Waals surface area contributed by atoms with Crippen molar-refractivity contribution >= 4 is 17.3 Å². The third-order valence-electron chi connectivity index (χ3n) is 3.83. The highest BCUT2D eigenvalue weighted by atomic mass is 32.1. The van der Waals surface area contributed by atoms with Crippen LogP contribution in [0.3, 0.4) is 0 Å². The van der Waals surface area contributed by atoms with Crippen LogP contribution in [0, 0.1) is 17.8 Å². The van der Waals surface area contributed by atoms with Crippen LogP contribution < -0.4 is 10.6 Å². The summed E-state index contributed by atoms with van der Waals surface area (Å²) in [6.07, 6.45) is 5.86. The average Bonchev–Trinajstić information content (AvgIpc) is 2.74. The minimum Gasteiger partial charge on any atom is -0.362 e. The maximum absolute atomic E-state index is 5.23. The summed E-state index contributed by atoms with van der Waals surface area (Å²) in [6, 6.07) is 0.435. The minimum absolute atomic E-state index is 0.435. The van der Waals surface area contributed by atoms with E-state index in [1.165, 1.54) is 25.7 Å². The van der Waals surface area contributed by atoms with Gasteiger partial charge in [-0.15, -0.1) is 0 Å². The second kappa shape index (κ2) is 4.69. The predicted molar refractivity (Wildman–Crippen MR) is 67.8 cm³/mol. The van der Waals surface area contributed by atoms with Crippen LogP contribution in [-0.4, -0.2) is 17.7 Å². The van der Waals surface area contributed by atoms with Gasteiger partial charge in [0.15, 0.2) is 5.11 Å². The molecule has 0 amide bonds. The van der Waals surface area contributed by atoms with Crippen molar-refractivity contribution in [1.82, 2.24) is 10.6 Å². The van der Waals surface area contributed by atoms with Crippen molar-refractivity contribution < 1.29 is 0 Å². The van der Waals surface area contributed by atoms with Gasteiger partial charge in [-0.3, -0.25) is 0 Å². The van der Waals surface area contributed by atoms with E-state index in [-0.39, 0.29) is 0 Å². The highest BCUT2D eigenvalue weighted by Crippen LogP contribution is 2.47. The van der Waals surface area contributed by atoms with Gasteiger partial charge in [0.2, 0.25) is 0 Å². The predicted octanol–water partition coefficient (Wildman–Crippen LogP) is 2.30. The van der Waals surface area contributed by atoms with Crippen molar-refractivity contribution in [2.45, 2.75) is 45.6 Å². The molecule has 0 heterocycles. The van der Waals surface area contributed by atoms with E-state index in [2.05, 4.69) is 24.5 Å². The fourth-order valence-electron chi connectivity index (χ4n) is 3.16. The summed E-state index contributed by atoms with van der Waals surface area (Å²) < 4.78 is 0. The van der Waals surface area contributed by atoms with Gasteiger partial charge >= 0.3 is 0 Å². The van der Waals surface area contributed by atoms with Crippen LogP contribution in [0.15, 0.2) is 0 Å². The Morgan fingerprint density at radius 2 is 2.13 bits per heavy atom. The van der Waals surface area contributed by atoms with Gasteiger partial charge in [0.05, 0.1) is 0 Å². The van der Waals surface area contributed by atoms with Crippen LogP contribution in [0.25, 0.3) is 0 Å². The molecule has 2 N–H and O–H groups in total. The molecular formula is C12H22N2S. The van der Waals surface area contributed by atoms with Crippen molar-refractivity contribution in [3.63, 3.8) is 0 Å². The van der Waals surface area contributed by atoms with E-state index in [0.29, 0.717) is 6.04 Å². The Bertz CT molecular complexity index is 240. The van der Waals surface area contributed by atoms with Gasteiger partial charge in [0.25, 0.3) is 0 Å². The standard InChI is InChI=1S/C12H22N2S/c1-8(2)14-12(15)13-7-11-6-9-3-4-10(11)5-9/h8-11H,3-7H2,1-2H3,(H2,13,14,15). The van der Waals surface area contributed by atoms with E-state index in [1.807, 2.05) is 0 Å². The minimum atomic E-state index is 0.435. The molecule has 15 heavy (non-hydrogen) atoms. The molecule has 2 saturated carbocycles. The number of rotatable bonds is 3. The van der Waals surface area contributed by atoms with E-state index < -0.39 is 0 Å². The van der Waals surface area contributed by atoms with E-state index in [0.717, 1.165) is 29.4 Å². The summed E-state index contributed by atoms with van der Waals surface area (Å²) >= 11 is 5.23. The summed E-state index contributed by atoms with van der Waals surface area (Å²) in [7, 11) is 0. The zero-order valence-corrected chi connectivity index (χ0v) is 10.6. The Morgan fingerprint density at radius 1 is 1.33 bits per heavy atom. The summed E-state index contributed by atoms with van der Waals surface area (Å²) in [5.41, 5.74) is 0. The third-order valence-corrected chi connectivity index (χ3v) is 4.09. The lowest BCUT2D eigenvalue weighted by atomic mass is 9.89. The fraction of sp³-hybridized carbons (Fsp3) is 0.917. The molecule has 86 valence electrons. The summed E-state index contributed by atoms with van der Waals surface area (Å²) in [5, 5.41) is 7.42. The fourth-order valence-corrected chi connectivity index (χ4v) is 3.48. The van der Waals surface area contributed by atoms with E-state index >= 15 is 0 Å². The second-order valence-electron chi connectivity index (χ2n) is 5.44. The van der Waals surface area contributed by atoms with Crippen LogP contribution >= 0.6 is 12.2 Å². The number of thiocarbonyl (C=S) groups is 1. The zero-order chi connectivity index (χ0) is 10.8. The second-order valence-corrected chi connectivity index (χ2v) is 5.85. The quantitative estimate of drug-likeness (QED) is 0.722. The number of hydrogen-bond acceptors (Lipinski definition) is 1. The van der Waals surface area contributed by atoms with Crippen molar-refractivity contribution in [1.29, 1.82) is 0 Å². The first-order chi connectivity index (χ1) is 7.15. The molecule has 3 atom stereocenters. The molecule has 0 aliphatic heterocycles. The maximum Gasteiger partial charge on any atom is 0.166 e. The lowest BCUT2D eigenvalue weighted by molar-refractivity contribution is 0.331. The Labute approximate surface area is 98.2 Å². The van der Waals surface area contributed by atoms with E-state index in [1.54, 1.807) is 0 Å². The molecule has 2 rings (SSSR count). The van der Waals surface area contributed by atoms with Gasteiger partial charge < -0.3 is 10.6 Å². The van der Waals surface area contributed by atoms with Gasteiger partial charge in [-0.1, -0.05) is 6.42 Å². The van der Waals surface area contributed by atoms with Gasteiger partial charge in [0, 0.05) is 12.6 Å². The largest absolute Gasteiger partial charge is 0.362 e. The zero-order valence-electron chi connectivity index (χ0n) is 9.75. The molecule has 3 unspecified atom stereocenters. The Morgan fingerprint density at radius 3 is 2.67 bits per heavy atom. The van der Waals surface area contributed by atoms with Crippen LogP contribution in [0.5, 0.6) is 0 Å². The molecule has 0 spiro atoms. The smallest absolute Gasteiger partial charge is 0.166 e. The Balaban J connectivity index is 1.68. The Kier molecular flexibility index (Phi) is 3.49. The number of nitrogens with one attached hydrogen (secondary N) is 2. The highest BCUT2D eigenvalue weighted by Gasteiger charge is 2.39. The van der Waals surface area contributed by atoms with Crippen molar-refractivity contribution in [2.24, 2.45) is 17.8 Å². The van der Waals surface area contributed by atoms with Crippen molar-refractivity contribution in [3.05, 3.63) is 0 Å². The first-order valence-electron chi connectivity index (χ1n) is 6.19. The van der Waals surface area contributed by atoms with Crippen LogP contribution in [0.4, 0.5) is 0 Å². The lowest BCUT2D eigenvalue weighted by Gasteiger charge is -2.23. The first-order valence-corrected chi connectivity index (χ1v) is 6.60. The maximum atomic E-state index is 5.23. The molecule has 2 aliphatic rings. The molecule has 2 fully saturated rings. The van der Waals surface area contributed by atoms with E-state index in [4.69, 9.17) is 12.2 Å². The van der Waals surface area contributed by atoms with Crippen LogP contribution in [0.2, 0.25) is 0 Å². The summed E-state index contributed by atoms with van der Waals surface area (Å²) in [5.74, 6) is 2.91. The molecule has 0 aromatic rings. The molecule has 0 aromatic carbocycles. The van der Waals surface area contributed by atoms with E-state index in [9.17, 15) is 0 Å². The molecule has 0 aromatic heterocycles. The normalized spacial score (nSPS) is 33.4. The lowest BCUT2D eigenvalue weighted by Crippen LogP contribution is -2.41. The molecule has 2 nitrogen and oxygen atoms in total. The summed E-state index contributed by atoms with van der Waals surface area (Å²) in [4.78, 5) is 0. The molecule has 2 bridgehead atoms. The van der Waals surface area contributed by atoms with Crippen LogP contribution in [-0.2, 0) is 0 Å². The number of hydrogen-bond donors (Lipinski definition) is 2. The van der Waals surface area contributed by atoms with Gasteiger partial charge in [0.1, 0.15) is 0 Å². The molecule has 3 heteroatoms. The molecular weight excluding hydrogens is 204 g/mol. The first kappa shape index (κ1) is 11.2. The topological polar surface area (TPSA) is 24.1 Å². The van der Waals surface area contributed by atoms with Gasteiger partial charge in [-0.2, -0.15) is 0 Å². The van der Waals surface area contributed by atoms with Gasteiger partial charge in [-0.05, 0) is 63.1 Å².